The molecule has 0 atom stereocenters. The van der Waals surface area contributed by atoms with Gasteiger partial charge in [-0.3, -0.25) is 4.90 Å². The summed E-state index contributed by atoms with van der Waals surface area (Å²) in [6.07, 6.45) is 1.04. The van der Waals surface area contributed by atoms with Crippen molar-refractivity contribution < 1.29 is 9.47 Å². The lowest BCUT2D eigenvalue weighted by atomic mass is 10.3. The third kappa shape index (κ3) is 4.64. The Hall–Kier alpha value is -1.73. The van der Waals surface area contributed by atoms with Crippen molar-refractivity contribution in [2.75, 3.05) is 33.4 Å². The van der Waals surface area contributed by atoms with Crippen LogP contribution < -0.4 is 9.47 Å². The van der Waals surface area contributed by atoms with Crippen LogP contribution in [0.1, 0.15) is 13.3 Å². The van der Waals surface area contributed by atoms with Crippen LogP contribution in [-0.2, 0) is 0 Å². The molecule has 4 nitrogen and oxygen atoms in total. The monoisotopic (exact) mass is 248 g/mol. The number of hydrogen-bond acceptors (Lipinski definition) is 4. The van der Waals surface area contributed by atoms with Gasteiger partial charge in [-0.15, -0.1) is 0 Å². The molecule has 18 heavy (non-hydrogen) atoms. The third-order valence-electron chi connectivity index (χ3n) is 2.57. The van der Waals surface area contributed by atoms with Crippen molar-refractivity contribution in [1.29, 1.82) is 5.26 Å². The Balaban J connectivity index is 2.42. The maximum absolute atomic E-state index is 8.71. The Labute approximate surface area is 109 Å². The topological polar surface area (TPSA) is 45.5 Å². The van der Waals surface area contributed by atoms with Crippen molar-refractivity contribution in [1.82, 2.24) is 4.90 Å². The summed E-state index contributed by atoms with van der Waals surface area (Å²) in [5, 5.41) is 8.71. The molecule has 0 aliphatic carbocycles. The number of nitriles is 1. The molecule has 98 valence electrons. The molecule has 0 radical (unpaired) electrons. The highest BCUT2D eigenvalue weighted by Gasteiger charge is 2.05. The van der Waals surface area contributed by atoms with Gasteiger partial charge in [0.25, 0.3) is 0 Å². The SMILES string of the molecule is CCCN(CC#N)CCOc1ccccc1OC. The molecule has 0 spiro atoms. The fraction of sp³-hybridized carbons (Fsp3) is 0.500. The van der Waals surface area contributed by atoms with E-state index >= 15 is 0 Å². The van der Waals surface area contributed by atoms with Gasteiger partial charge in [0.2, 0.25) is 0 Å². The van der Waals surface area contributed by atoms with E-state index in [1.54, 1.807) is 7.11 Å². The Morgan fingerprint density at radius 3 is 2.56 bits per heavy atom. The first-order valence-corrected chi connectivity index (χ1v) is 6.17. The van der Waals surface area contributed by atoms with Gasteiger partial charge in [-0.2, -0.15) is 5.26 Å². The summed E-state index contributed by atoms with van der Waals surface area (Å²) in [6.45, 7) is 4.78. The highest BCUT2D eigenvalue weighted by molar-refractivity contribution is 5.39. The van der Waals surface area contributed by atoms with Crippen molar-refractivity contribution in [3.8, 4) is 17.6 Å². The summed E-state index contributed by atoms with van der Waals surface area (Å²) in [4.78, 5) is 2.08. The molecule has 1 aromatic carbocycles. The minimum Gasteiger partial charge on any atom is -0.493 e. The summed E-state index contributed by atoms with van der Waals surface area (Å²) in [5.41, 5.74) is 0. The molecule has 4 heteroatoms. The largest absolute Gasteiger partial charge is 0.493 e. The van der Waals surface area contributed by atoms with Crippen LogP contribution in [0.15, 0.2) is 24.3 Å². The van der Waals surface area contributed by atoms with Crippen molar-refractivity contribution in [3.05, 3.63) is 24.3 Å². The first kappa shape index (κ1) is 14.3. The number of methoxy groups -OCH3 is 1. The molecule has 0 aromatic heterocycles. The quantitative estimate of drug-likeness (QED) is 0.662. The van der Waals surface area contributed by atoms with E-state index in [9.17, 15) is 0 Å². The second-order valence-corrected chi connectivity index (χ2v) is 3.93. The lowest BCUT2D eigenvalue weighted by molar-refractivity contribution is 0.219. The fourth-order valence-electron chi connectivity index (χ4n) is 1.71. The highest BCUT2D eigenvalue weighted by Crippen LogP contribution is 2.25. The second-order valence-electron chi connectivity index (χ2n) is 3.93. The normalized spacial score (nSPS) is 10.1. The fourth-order valence-corrected chi connectivity index (χ4v) is 1.71. The van der Waals surface area contributed by atoms with E-state index in [2.05, 4.69) is 17.9 Å². The molecule has 1 rings (SSSR count). The van der Waals surface area contributed by atoms with Crippen LogP contribution in [0.2, 0.25) is 0 Å². The zero-order chi connectivity index (χ0) is 13.2. The first-order valence-electron chi connectivity index (χ1n) is 6.17. The van der Waals surface area contributed by atoms with E-state index in [0.717, 1.165) is 31.0 Å². The molecular formula is C14H20N2O2. The number of para-hydroxylation sites is 2. The van der Waals surface area contributed by atoms with Crippen LogP contribution in [0.25, 0.3) is 0 Å². The van der Waals surface area contributed by atoms with Crippen LogP contribution in [0.5, 0.6) is 11.5 Å². The Kier molecular flexibility index (Phi) is 6.67. The van der Waals surface area contributed by atoms with Crippen molar-refractivity contribution in [3.63, 3.8) is 0 Å². The van der Waals surface area contributed by atoms with Crippen molar-refractivity contribution in [2.45, 2.75) is 13.3 Å². The van der Waals surface area contributed by atoms with Crippen LogP contribution in [0.4, 0.5) is 0 Å². The highest BCUT2D eigenvalue weighted by atomic mass is 16.5. The van der Waals surface area contributed by atoms with Crippen molar-refractivity contribution in [2.24, 2.45) is 0 Å². The van der Waals surface area contributed by atoms with E-state index in [1.807, 2.05) is 24.3 Å². The van der Waals surface area contributed by atoms with E-state index in [4.69, 9.17) is 14.7 Å². The summed E-state index contributed by atoms with van der Waals surface area (Å²) >= 11 is 0. The standard InChI is InChI=1S/C14H20N2O2/c1-3-9-16(10-8-15)11-12-18-14-7-5-4-6-13(14)17-2/h4-7H,3,9-12H2,1-2H3. The van der Waals surface area contributed by atoms with Gasteiger partial charge in [0.05, 0.1) is 19.7 Å². The zero-order valence-corrected chi connectivity index (χ0v) is 11.1. The van der Waals surface area contributed by atoms with Gasteiger partial charge in [0.1, 0.15) is 6.61 Å². The average Bonchev–Trinajstić information content (AvgIpc) is 2.40. The van der Waals surface area contributed by atoms with Gasteiger partial charge in [0, 0.05) is 6.54 Å². The van der Waals surface area contributed by atoms with E-state index in [0.29, 0.717) is 13.2 Å². The lowest BCUT2D eigenvalue weighted by Gasteiger charge is -2.18. The van der Waals surface area contributed by atoms with E-state index in [-0.39, 0.29) is 0 Å². The smallest absolute Gasteiger partial charge is 0.161 e. The Bertz CT molecular complexity index is 388. The van der Waals surface area contributed by atoms with Gasteiger partial charge in [-0.05, 0) is 25.1 Å². The van der Waals surface area contributed by atoms with E-state index < -0.39 is 0 Å². The van der Waals surface area contributed by atoms with Gasteiger partial charge in [-0.25, -0.2) is 0 Å². The Morgan fingerprint density at radius 1 is 1.22 bits per heavy atom. The predicted octanol–water partition coefficient (Wildman–Crippen LogP) is 2.31. The number of benzene rings is 1. The molecule has 0 fully saturated rings. The molecule has 0 unspecified atom stereocenters. The maximum Gasteiger partial charge on any atom is 0.161 e. The molecule has 0 saturated heterocycles. The van der Waals surface area contributed by atoms with Gasteiger partial charge in [-0.1, -0.05) is 19.1 Å². The van der Waals surface area contributed by atoms with Crippen LogP contribution in [0.3, 0.4) is 0 Å². The summed E-state index contributed by atoms with van der Waals surface area (Å²) < 4.78 is 10.9. The average molecular weight is 248 g/mol. The minimum atomic E-state index is 0.448. The van der Waals surface area contributed by atoms with E-state index in [1.165, 1.54) is 0 Å². The molecule has 0 saturated carbocycles. The second kappa shape index (κ2) is 8.37. The molecule has 1 aromatic rings. The zero-order valence-electron chi connectivity index (χ0n) is 11.1. The minimum absolute atomic E-state index is 0.448. The molecule has 0 heterocycles. The number of hydrogen-bond donors (Lipinski definition) is 0. The summed E-state index contributed by atoms with van der Waals surface area (Å²) in [6, 6.07) is 9.74. The molecule has 0 bridgehead atoms. The number of nitrogens with zero attached hydrogens (tertiary/aromatic N) is 2. The van der Waals surface area contributed by atoms with Gasteiger partial charge < -0.3 is 9.47 Å². The number of rotatable bonds is 8. The summed E-state index contributed by atoms with van der Waals surface area (Å²) in [5.74, 6) is 1.48. The lowest BCUT2D eigenvalue weighted by Crippen LogP contribution is -2.29. The molecule has 0 N–H and O–H groups in total. The Morgan fingerprint density at radius 2 is 1.94 bits per heavy atom. The van der Waals surface area contributed by atoms with Crippen LogP contribution in [-0.4, -0.2) is 38.3 Å². The third-order valence-corrected chi connectivity index (χ3v) is 2.57. The maximum atomic E-state index is 8.71. The molecule has 0 amide bonds. The van der Waals surface area contributed by atoms with Crippen LogP contribution >= 0.6 is 0 Å². The van der Waals surface area contributed by atoms with Crippen LogP contribution in [0, 0.1) is 11.3 Å². The first-order chi connectivity index (χ1) is 8.81. The molecule has 0 aliphatic rings. The number of ether oxygens (including phenoxy) is 2. The predicted molar refractivity (Wildman–Crippen MR) is 70.8 cm³/mol. The van der Waals surface area contributed by atoms with Crippen molar-refractivity contribution >= 4 is 0 Å². The summed E-state index contributed by atoms with van der Waals surface area (Å²) in [7, 11) is 1.63. The molecule has 0 aliphatic heterocycles. The van der Waals surface area contributed by atoms with Gasteiger partial charge in [0.15, 0.2) is 11.5 Å². The van der Waals surface area contributed by atoms with Gasteiger partial charge >= 0.3 is 0 Å². The molecular weight excluding hydrogens is 228 g/mol.